The molecule has 5 atom stereocenters. The number of amides is 2. The van der Waals surface area contributed by atoms with Crippen molar-refractivity contribution in [1.82, 2.24) is 40.4 Å². The molecular weight excluding hydrogens is 751 g/mol. The highest BCUT2D eigenvalue weighted by atomic mass is 16.9. The van der Waals surface area contributed by atoms with Crippen LogP contribution in [-0.2, 0) is 28.5 Å². The average Bonchev–Trinajstić information content (AvgIpc) is 3.99. The Morgan fingerprint density at radius 3 is 2.24 bits per heavy atom. The van der Waals surface area contributed by atoms with Gasteiger partial charge in [0.1, 0.15) is 11.9 Å². The van der Waals surface area contributed by atoms with Gasteiger partial charge in [-0.1, -0.05) is 75.4 Å². The molecular formula is C44H51N9O6. The maximum atomic E-state index is 14.0. The molecule has 3 aromatic carbocycles. The fourth-order valence-electron chi connectivity index (χ4n) is 8.54. The number of aromatic nitrogens is 4. The van der Waals surface area contributed by atoms with Crippen molar-refractivity contribution in [3.05, 3.63) is 96.7 Å². The summed E-state index contributed by atoms with van der Waals surface area (Å²) in [6.07, 6.45) is 7.05. The lowest BCUT2D eigenvalue weighted by atomic mass is 10.0. The number of hydrogen-bond donors (Lipinski definition) is 4. The number of H-pyrrole nitrogens is 1. The van der Waals surface area contributed by atoms with Gasteiger partial charge in [0.05, 0.1) is 17.8 Å². The quantitative estimate of drug-likeness (QED) is 0.111. The minimum absolute atomic E-state index is 0.0236. The second-order valence-electron chi connectivity index (χ2n) is 16.3. The number of fused-ring (bicyclic) bond motifs is 1. The summed E-state index contributed by atoms with van der Waals surface area (Å²) >= 11 is 0. The molecule has 4 aliphatic rings. The Hall–Kier alpha value is -5.29. The Balaban J connectivity index is 0.839. The number of ether oxygens (including phenoxy) is 4. The van der Waals surface area contributed by atoms with E-state index in [2.05, 4.69) is 74.2 Å². The third kappa shape index (κ3) is 8.44. The minimum Gasteiger partial charge on any atom is -0.352 e. The van der Waals surface area contributed by atoms with Crippen molar-refractivity contribution in [3.63, 3.8) is 0 Å². The summed E-state index contributed by atoms with van der Waals surface area (Å²) in [5, 5.41) is 12.0. The Bertz CT molecular complexity index is 2250. The molecule has 15 heteroatoms. The molecule has 6 heterocycles. The number of anilines is 1. The molecule has 15 nitrogen and oxygen atoms in total. The predicted octanol–water partition coefficient (Wildman–Crippen LogP) is 5.52. The van der Waals surface area contributed by atoms with Gasteiger partial charge in [0.25, 0.3) is 0 Å². The van der Waals surface area contributed by atoms with E-state index in [4.69, 9.17) is 23.9 Å². The van der Waals surface area contributed by atoms with Crippen LogP contribution < -0.4 is 16.0 Å². The van der Waals surface area contributed by atoms with Crippen molar-refractivity contribution in [3.8, 4) is 22.4 Å². The van der Waals surface area contributed by atoms with Gasteiger partial charge in [-0.05, 0) is 65.1 Å². The molecule has 4 fully saturated rings. The monoisotopic (exact) mass is 801 g/mol. The Morgan fingerprint density at radius 2 is 1.54 bits per heavy atom. The van der Waals surface area contributed by atoms with E-state index in [-0.39, 0.29) is 43.4 Å². The van der Waals surface area contributed by atoms with Crippen LogP contribution >= 0.6 is 0 Å². The highest BCUT2D eigenvalue weighted by Gasteiger charge is 2.40. The van der Waals surface area contributed by atoms with Crippen LogP contribution in [0.2, 0.25) is 0 Å². The second-order valence-corrected chi connectivity index (χ2v) is 16.3. The largest absolute Gasteiger partial charge is 0.352 e. The molecule has 0 radical (unpaired) electrons. The standard InChI is InChI=1S/C44H51N9O6/c1-26(2)37(50-43-56-24-57-43)40(54)53-23-27(3)16-34(53)21-48-42-46-19-33(20-47-42)31-12-11-30-18-32(14-13-29(30)17-31)35-22-45-39(49-35)36-10-7-15-52(36)41(55)38(51-44-58-25-59-44)28-8-5-4-6-9-28/h4-6,8-9,11-14,17-20,22,26-27,34,36-38,43-44,50-51H,7,10,15-16,21,23-25H2,1-3H3,(H,45,49)(H,46,47,48)/t27?,34-,36-,37-,38+/m0/s1. The Morgan fingerprint density at radius 1 is 0.847 bits per heavy atom. The van der Waals surface area contributed by atoms with Crippen LogP contribution in [0, 0.1) is 11.8 Å². The summed E-state index contributed by atoms with van der Waals surface area (Å²) in [5.74, 6) is 1.79. The molecule has 0 bridgehead atoms. The van der Waals surface area contributed by atoms with Crippen LogP contribution in [0.5, 0.6) is 0 Å². The number of imidazole rings is 1. The van der Waals surface area contributed by atoms with Gasteiger partial charge in [-0.15, -0.1) is 0 Å². The third-order valence-corrected chi connectivity index (χ3v) is 11.8. The number of hydrogen-bond acceptors (Lipinski definition) is 12. The normalized spacial score (nSPS) is 22.1. The molecule has 4 N–H and O–H groups in total. The fourth-order valence-corrected chi connectivity index (χ4v) is 8.54. The highest BCUT2D eigenvalue weighted by Crippen LogP contribution is 2.35. The summed E-state index contributed by atoms with van der Waals surface area (Å²) in [6, 6.07) is 21.2. The molecule has 4 saturated heterocycles. The lowest BCUT2D eigenvalue weighted by Crippen LogP contribution is -2.57. The maximum Gasteiger partial charge on any atom is 0.245 e. The first-order valence-electron chi connectivity index (χ1n) is 20.6. The molecule has 59 heavy (non-hydrogen) atoms. The minimum atomic E-state index is -0.612. The van der Waals surface area contributed by atoms with E-state index in [0.717, 1.165) is 63.8 Å². The molecule has 4 aliphatic heterocycles. The molecule has 1 unspecified atom stereocenters. The number of carbonyl (C=O) groups is 2. The molecule has 9 rings (SSSR count). The fraction of sp³-hybridized carbons (Fsp3) is 0.432. The van der Waals surface area contributed by atoms with Crippen LogP contribution in [0.25, 0.3) is 33.2 Å². The van der Waals surface area contributed by atoms with E-state index in [1.54, 1.807) is 0 Å². The third-order valence-electron chi connectivity index (χ3n) is 11.8. The van der Waals surface area contributed by atoms with Gasteiger partial charge >= 0.3 is 0 Å². The first kappa shape index (κ1) is 39.2. The van der Waals surface area contributed by atoms with E-state index in [0.29, 0.717) is 31.5 Å². The average molecular weight is 802 g/mol. The molecule has 0 spiro atoms. The van der Waals surface area contributed by atoms with E-state index in [9.17, 15) is 9.59 Å². The van der Waals surface area contributed by atoms with E-state index < -0.39 is 24.9 Å². The van der Waals surface area contributed by atoms with Crippen molar-refractivity contribution in [1.29, 1.82) is 0 Å². The predicted molar refractivity (Wildman–Crippen MR) is 220 cm³/mol. The van der Waals surface area contributed by atoms with Crippen molar-refractivity contribution in [2.75, 3.05) is 38.5 Å². The molecule has 2 amide bonds. The summed E-state index contributed by atoms with van der Waals surface area (Å²) in [6.45, 7) is 8.60. The molecule has 0 saturated carbocycles. The second kappa shape index (κ2) is 17.1. The zero-order valence-corrected chi connectivity index (χ0v) is 33.5. The number of benzene rings is 3. The van der Waals surface area contributed by atoms with Gasteiger partial charge in [0.15, 0.2) is 13.6 Å². The number of likely N-dealkylation sites (tertiary alicyclic amines) is 2. The van der Waals surface area contributed by atoms with Crippen molar-refractivity contribution in [2.24, 2.45) is 11.8 Å². The zero-order chi connectivity index (χ0) is 40.5. The lowest BCUT2D eigenvalue weighted by Gasteiger charge is -2.35. The van der Waals surface area contributed by atoms with Gasteiger partial charge in [-0.25, -0.2) is 15.0 Å². The van der Waals surface area contributed by atoms with Gasteiger partial charge < -0.3 is 39.0 Å². The van der Waals surface area contributed by atoms with Crippen LogP contribution in [0.3, 0.4) is 0 Å². The summed E-state index contributed by atoms with van der Waals surface area (Å²) in [4.78, 5) is 49.3. The van der Waals surface area contributed by atoms with E-state index in [1.165, 1.54) is 0 Å². The lowest BCUT2D eigenvalue weighted by molar-refractivity contribution is -0.335. The molecule has 5 aromatic rings. The first-order valence-corrected chi connectivity index (χ1v) is 20.6. The number of aromatic amines is 1. The Labute approximate surface area is 343 Å². The van der Waals surface area contributed by atoms with E-state index >= 15 is 0 Å². The molecule has 2 aromatic heterocycles. The smallest absolute Gasteiger partial charge is 0.245 e. The Kier molecular flexibility index (Phi) is 11.4. The van der Waals surface area contributed by atoms with Gasteiger partial charge in [0.2, 0.25) is 30.6 Å². The zero-order valence-electron chi connectivity index (χ0n) is 33.5. The number of nitrogens with zero attached hydrogens (tertiary/aromatic N) is 5. The van der Waals surface area contributed by atoms with Gasteiger partial charge in [0, 0.05) is 55.4 Å². The van der Waals surface area contributed by atoms with Crippen molar-refractivity contribution >= 4 is 28.5 Å². The number of rotatable bonds is 14. The maximum absolute atomic E-state index is 14.0. The summed E-state index contributed by atoms with van der Waals surface area (Å²) < 4.78 is 21.6. The highest BCUT2D eigenvalue weighted by molar-refractivity contribution is 5.90. The first-order chi connectivity index (χ1) is 28.8. The van der Waals surface area contributed by atoms with Gasteiger partial charge in [-0.3, -0.25) is 20.2 Å². The van der Waals surface area contributed by atoms with E-state index in [1.807, 2.05) is 72.6 Å². The van der Waals surface area contributed by atoms with Crippen LogP contribution in [0.4, 0.5) is 5.95 Å². The summed E-state index contributed by atoms with van der Waals surface area (Å²) in [7, 11) is 0. The number of nitrogens with one attached hydrogen (secondary N) is 4. The van der Waals surface area contributed by atoms with Crippen molar-refractivity contribution < 1.29 is 28.5 Å². The summed E-state index contributed by atoms with van der Waals surface area (Å²) in [5.41, 5.74) is 4.58. The molecule has 308 valence electrons. The van der Waals surface area contributed by atoms with Crippen LogP contribution in [0.15, 0.2) is 85.3 Å². The van der Waals surface area contributed by atoms with Crippen LogP contribution in [-0.4, -0.2) is 99.7 Å². The topological polar surface area (TPSA) is 168 Å². The molecule has 0 aliphatic carbocycles. The SMILES string of the molecule is CC1C[C@@H](CNc2ncc(-c3ccc4cc(-c5c[nH]c([C@@H]6CCCN6C(=O)[C@H](NC6OCO6)c6ccccc6)n5)ccc4c3)cn2)N(C(=O)[C@@H](NC2OCO2)C(C)C)C1. The van der Waals surface area contributed by atoms with Crippen LogP contribution in [0.1, 0.15) is 63.5 Å². The van der Waals surface area contributed by atoms with Crippen molar-refractivity contribution in [2.45, 2.75) is 77.0 Å². The number of carbonyl (C=O) groups excluding carboxylic acids is 2. The van der Waals surface area contributed by atoms with Gasteiger partial charge in [-0.2, -0.15) is 0 Å².